The summed E-state index contributed by atoms with van der Waals surface area (Å²) in [5.41, 5.74) is 2.32. The molecule has 0 N–H and O–H groups in total. The number of aryl methyl sites for hydroxylation is 1. The molecule has 0 unspecified atom stereocenters. The van der Waals surface area contributed by atoms with Crippen molar-refractivity contribution >= 4 is 35.2 Å². The zero-order chi connectivity index (χ0) is 23.4. The summed E-state index contributed by atoms with van der Waals surface area (Å²) in [6.07, 6.45) is 0. The Morgan fingerprint density at radius 2 is 1.76 bits per heavy atom. The predicted octanol–water partition coefficient (Wildman–Crippen LogP) is 3.78. The van der Waals surface area contributed by atoms with Crippen molar-refractivity contribution in [2.45, 2.75) is 12.1 Å². The third-order valence-electron chi connectivity index (χ3n) is 5.39. The zero-order valence-electron chi connectivity index (χ0n) is 18.3. The smallest absolute Gasteiger partial charge is 0.277 e. The van der Waals surface area contributed by atoms with E-state index >= 15 is 0 Å². The average molecular weight is 487 g/mol. The highest BCUT2D eigenvalue weighted by Gasteiger charge is 2.25. The summed E-state index contributed by atoms with van der Waals surface area (Å²) in [7, 11) is 1.59. The Bertz CT molecular complexity index is 1140. The number of halogens is 1. The summed E-state index contributed by atoms with van der Waals surface area (Å²) in [6.45, 7) is 3.85. The van der Waals surface area contributed by atoms with Gasteiger partial charge in [0.1, 0.15) is 5.75 Å². The summed E-state index contributed by atoms with van der Waals surface area (Å²) in [5.74, 6) is 1.16. The van der Waals surface area contributed by atoms with Crippen LogP contribution in [0.2, 0.25) is 5.02 Å². The van der Waals surface area contributed by atoms with Gasteiger partial charge in [0.15, 0.2) is 0 Å². The van der Waals surface area contributed by atoms with Crippen LogP contribution >= 0.6 is 23.4 Å². The molecule has 1 fully saturated rings. The van der Waals surface area contributed by atoms with E-state index in [-0.39, 0.29) is 17.6 Å². The van der Waals surface area contributed by atoms with Crippen LogP contribution in [-0.2, 0) is 4.79 Å². The number of piperazine rings is 1. The lowest BCUT2D eigenvalue weighted by Crippen LogP contribution is -2.51. The molecule has 172 valence electrons. The van der Waals surface area contributed by atoms with Crippen molar-refractivity contribution in [2.24, 2.45) is 0 Å². The van der Waals surface area contributed by atoms with E-state index < -0.39 is 0 Å². The Morgan fingerprint density at radius 1 is 1.06 bits per heavy atom. The van der Waals surface area contributed by atoms with Gasteiger partial charge in [-0.25, -0.2) is 0 Å². The standard InChI is InChI=1S/C23H23ClN4O4S/c1-15-3-4-17(13-19(15)31-2)22(30)28-11-9-27(10-12-28)20(29)14-33-23-26-25-21(32-23)16-5-7-18(24)8-6-16/h3-8,13H,9-12,14H2,1-2H3. The zero-order valence-corrected chi connectivity index (χ0v) is 19.9. The molecule has 0 saturated carbocycles. The van der Waals surface area contributed by atoms with Crippen molar-refractivity contribution in [1.29, 1.82) is 0 Å². The fraction of sp³-hybridized carbons (Fsp3) is 0.304. The molecule has 0 radical (unpaired) electrons. The number of nitrogens with zero attached hydrogens (tertiary/aromatic N) is 4. The van der Waals surface area contributed by atoms with Crippen LogP contribution < -0.4 is 4.74 Å². The second kappa shape index (κ2) is 10.3. The molecule has 1 saturated heterocycles. The van der Waals surface area contributed by atoms with E-state index in [2.05, 4.69) is 10.2 Å². The minimum atomic E-state index is -0.0598. The average Bonchev–Trinajstić information content (AvgIpc) is 3.32. The first-order valence-electron chi connectivity index (χ1n) is 10.4. The first kappa shape index (κ1) is 23.1. The van der Waals surface area contributed by atoms with Crippen LogP contribution in [0.25, 0.3) is 11.5 Å². The van der Waals surface area contributed by atoms with E-state index in [4.69, 9.17) is 20.8 Å². The summed E-state index contributed by atoms with van der Waals surface area (Å²) in [5, 5.41) is 8.98. The lowest BCUT2D eigenvalue weighted by atomic mass is 10.1. The van der Waals surface area contributed by atoms with Gasteiger partial charge in [0, 0.05) is 42.3 Å². The van der Waals surface area contributed by atoms with Crippen molar-refractivity contribution in [3.8, 4) is 17.2 Å². The Labute approximate surface area is 200 Å². The highest BCUT2D eigenvalue weighted by molar-refractivity contribution is 7.99. The molecule has 2 aromatic carbocycles. The van der Waals surface area contributed by atoms with Crippen LogP contribution in [0.5, 0.6) is 5.75 Å². The van der Waals surface area contributed by atoms with Crippen LogP contribution in [0.3, 0.4) is 0 Å². The van der Waals surface area contributed by atoms with Crippen LogP contribution in [0, 0.1) is 6.92 Å². The van der Waals surface area contributed by atoms with E-state index in [0.717, 1.165) is 11.1 Å². The molecule has 10 heteroatoms. The molecule has 2 heterocycles. The summed E-state index contributed by atoms with van der Waals surface area (Å²) in [6, 6.07) is 12.5. The number of rotatable bonds is 6. The van der Waals surface area contributed by atoms with Gasteiger partial charge in [-0.15, -0.1) is 10.2 Å². The fourth-order valence-corrected chi connectivity index (χ4v) is 4.28. The highest BCUT2D eigenvalue weighted by Crippen LogP contribution is 2.25. The topological polar surface area (TPSA) is 88.8 Å². The Morgan fingerprint density at radius 3 is 2.45 bits per heavy atom. The lowest BCUT2D eigenvalue weighted by Gasteiger charge is -2.34. The number of carbonyl (C=O) groups excluding carboxylic acids is 2. The minimum absolute atomic E-state index is 0.0321. The Kier molecular flexibility index (Phi) is 7.20. The highest BCUT2D eigenvalue weighted by atomic mass is 35.5. The van der Waals surface area contributed by atoms with Crippen molar-refractivity contribution in [1.82, 2.24) is 20.0 Å². The molecule has 0 bridgehead atoms. The van der Waals surface area contributed by atoms with Crippen LogP contribution in [-0.4, -0.2) is 70.9 Å². The van der Waals surface area contributed by atoms with Gasteiger partial charge in [-0.05, 0) is 48.9 Å². The number of carbonyl (C=O) groups is 2. The minimum Gasteiger partial charge on any atom is -0.496 e. The van der Waals surface area contributed by atoms with E-state index in [1.807, 2.05) is 13.0 Å². The maximum absolute atomic E-state index is 12.8. The van der Waals surface area contributed by atoms with Crippen molar-refractivity contribution < 1.29 is 18.7 Å². The normalized spacial score (nSPS) is 13.8. The first-order valence-corrected chi connectivity index (χ1v) is 11.7. The van der Waals surface area contributed by atoms with Crippen LogP contribution in [0.15, 0.2) is 52.1 Å². The Balaban J connectivity index is 1.27. The lowest BCUT2D eigenvalue weighted by molar-refractivity contribution is -0.129. The molecule has 3 aromatic rings. The van der Waals surface area contributed by atoms with Gasteiger partial charge < -0.3 is 19.0 Å². The molecule has 1 aliphatic heterocycles. The SMILES string of the molecule is COc1cc(C(=O)N2CCN(C(=O)CSc3nnc(-c4ccc(Cl)cc4)o3)CC2)ccc1C. The van der Waals surface area contributed by atoms with Gasteiger partial charge in [-0.1, -0.05) is 29.4 Å². The molecular formula is C23H23ClN4O4S. The third-order valence-corrected chi connectivity index (χ3v) is 6.45. The van der Waals surface area contributed by atoms with E-state index in [1.165, 1.54) is 11.8 Å². The maximum Gasteiger partial charge on any atom is 0.277 e. The maximum atomic E-state index is 12.8. The van der Waals surface area contributed by atoms with E-state index in [9.17, 15) is 9.59 Å². The van der Waals surface area contributed by atoms with Crippen LogP contribution in [0.1, 0.15) is 15.9 Å². The van der Waals surface area contributed by atoms with E-state index in [1.54, 1.807) is 53.3 Å². The molecule has 1 aromatic heterocycles. The quantitative estimate of drug-likeness (QED) is 0.490. The second-order valence-corrected chi connectivity index (χ2v) is 8.89. The first-order chi connectivity index (χ1) is 15.9. The largest absolute Gasteiger partial charge is 0.496 e. The fourth-order valence-electron chi connectivity index (χ4n) is 3.49. The van der Waals surface area contributed by atoms with Gasteiger partial charge in [-0.2, -0.15) is 0 Å². The number of thioether (sulfide) groups is 1. The summed E-state index contributed by atoms with van der Waals surface area (Å²) < 4.78 is 11.0. The molecule has 33 heavy (non-hydrogen) atoms. The van der Waals surface area contributed by atoms with Gasteiger partial charge in [0.25, 0.3) is 11.1 Å². The van der Waals surface area contributed by atoms with Gasteiger partial charge in [0.2, 0.25) is 11.8 Å². The van der Waals surface area contributed by atoms with Crippen molar-refractivity contribution in [3.63, 3.8) is 0 Å². The second-order valence-electron chi connectivity index (χ2n) is 7.53. The van der Waals surface area contributed by atoms with Gasteiger partial charge in [0.05, 0.1) is 12.9 Å². The monoisotopic (exact) mass is 486 g/mol. The third kappa shape index (κ3) is 5.48. The molecule has 0 aliphatic carbocycles. The number of aromatic nitrogens is 2. The van der Waals surface area contributed by atoms with Gasteiger partial charge in [-0.3, -0.25) is 9.59 Å². The molecular weight excluding hydrogens is 464 g/mol. The van der Waals surface area contributed by atoms with Gasteiger partial charge >= 0.3 is 0 Å². The molecule has 0 atom stereocenters. The molecule has 0 spiro atoms. The van der Waals surface area contributed by atoms with Crippen molar-refractivity contribution in [3.05, 3.63) is 58.6 Å². The number of methoxy groups -OCH3 is 1. The number of benzene rings is 2. The molecule has 2 amide bonds. The summed E-state index contributed by atoms with van der Waals surface area (Å²) >= 11 is 7.10. The molecule has 8 nitrogen and oxygen atoms in total. The summed E-state index contributed by atoms with van der Waals surface area (Å²) in [4.78, 5) is 29.0. The predicted molar refractivity (Wildman–Crippen MR) is 126 cm³/mol. The number of amides is 2. The van der Waals surface area contributed by atoms with Crippen molar-refractivity contribution in [2.75, 3.05) is 39.0 Å². The molecule has 4 rings (SSSR count). The van der Waals surface area contributed by atoms with Crippen LogP contribution in [0.4, 0.5) is 0 Å². The van der Waals surface area contributed by atoms with E-state index in [0.29, 0.717) is 53.6 Å². The molecule has 1 aliphatic rings. The number of ether oxygens (including phenoxy) is 1. The Hall–Kier alpha value is -3.04. The number of hydrogen-bond donors (Lipinski definition) is 0. The number of hydrogen-bond acceptors (Lipinski definition) is 7.